The Labute approximate surface area is 149 Å². The van der Waals surface area contributed by atoms with Gasteiger partial charge in [-0.3, -0.25) is 4.79 Å². The van der Waals surface area contributed by atoms with Crippen LogP contribution in [0.3, 0.4) is 0 Å². The molecule has 1 saturated carbocycles. The monoisotopic (exact) mass is 373 g/mol. The van der Waals surface area contributed by atoms with Gasteiger partial charge in [-0.15, -0.1) is 0 Å². The summed E-state index contributed by atoms with van der Waals surface area (Å²) >= 11 is 0.943. The van der Waals surface area contributed by atoms with Crippen LogP contribution in [0.2, 0.25) is 0 Å². The molecule has 1 N–H and O–H groups in total. The first-order valence-corrected chi connectivity index (χ1v) is 10.1. The van der Waals surface area contributed by atoms with Gasteiger partial charge in [0, 0.05) is 0 Å². The third-order valence-electron chi connectivity index (χ3n) is 4.73. The van der Waals surface area contributed by atoms with Crippen LogP contribution in [0.15, 0.2) is 53.4 Å². The lowest BCUT2D eigenvalue weighted by Crippen LogP contribution is -2.50. The summed E-state index contributed by atoms with van der Waals surface area (Å²) in [5.74, 6) is -0.481. The fourth-order valence-corrected chi connectivity index (χ4v) is 5.03. The number of hydrogen-bond donors (Lipinski definition) is 1. The zero-order chi connectivity index (χ0) is 17.5. The summed E-state index contributed by atoms with van der Waals surface area (Å²) in [5.41, 5.74) is 0.863. The Morgan fingerprint density at radius 1 is 1.04 bits per heavy atom. The smallest absolute Gasteiger partial charge is 0.266 e. The van der Waals surface area contributed by atoms with E-state index in [9.17, 15) is 13.2 Å². The fraction of sp³-hybridized carbons (Fsp3) is 0.235. The summed E-state index contributed by atoms with van der Waals surface area (Å²) in [6.07, 6.45) is 2.18. The molecule has 1 amide bonds. The van der Waals surface area contributed by atoms with Gasteiger partial charge in [0.1, 0.15) is 15.9 Å². The van der Waals surface area contributed by atoms with Crippen molar-refractivity contribution in [2.24, 2.45) is 0 Å². The first kappa shape index (κ1) is 16.2. The molecule has 0 saturated heterocycles. The molecule has 0 radical (unpaired) electrons. The molecule has 2 aromatic carbocycles. The molecule has 1 heterocycles. The Morgan fingerprint density at radius 2 is 1.80 bits per heavy atom. The number of carbonyl (C=O) groups is 1. The lowest BCUT2D eigenvalue weighted by molar-refractivity contribution is -0.128. The number of rotatable bonds is 4. The summed E-state index contributed by atoms with van der Waals surface area (Å²) in [5, 5.41) is 0. The number of sulfonamides is 1. The van der Waals surface area contributed by atoms with E-state index in [0.29, 0.717) is 18.4 Å². The predicted octanol–water partition coefficient (Wildman–Crippen LogP) is 2.62. The van der Waals surface area contributed by atoms with Crippen molar-refractivity contribution < 1.29 is 13.2 Å². The van der Waals surface area contributed by atoms with Crippen molar-refractivity contribution in [2.75, 3.05) is 0 Å². The standard InChI is InChI=1S/C17H15N3O3S2/c21-16(17(10-5-11-17)12-6-2-1-3-7-12)20-25(22,23)14-9-4-8-13-15(14)19-24-18-13/h1-4,6-9H,5,10-11H2,(H,20,21). The van der Waals surface area contributed by atoms with Crippen molar-refractivity contribution in [1.82, 2.24) is 13.5 Å². The van der Waals surface area contributed by atoms with E-state index in [4.69, 9.17) is 0 Å². The molecule has 3 aromatic rings. The molecule has 0 spiro atoms. The highest BCUT2D eigenvalue weighted by Crippen LogP contribution is 2.44. The van der Waals surface area contributed by atoms with Gasteiger partial charge in [-0.05, 0) is 30.5 Å². The molecule has 6 nitrogen and oxygen atoms in total. The number of amides is 1. The van der Waals surface area contributed by atoms with Crippen molar-refractivity contribution >= 4 is 38.7 Å². The largest absolute Gasteiger partial charge is 0.273 e. The molecule has 8 heteroatoms. The van der Waals surface area contributed by atoms with E-state index >= 15 is 0 Å². The molecule has 1 aromatic heterocycles. The minimum absolute atomic E-state index is 0.0189. The highest BCUT2D eigenvalue weighted by atomic mass is 32.2. The minimum atomic E-state index is -4.02. The number of carbonyl (C=O) groups excluding carboxylic acids is 1. The van der Waals surface area contributed by atoms with E-state index in [0.717, 1.165) is 23.7 Å². The SMILES string of the molecule is O=C(NS(=O)(=O)c1cccc2nsnc12)C1(c2ccccc2)CCC1. The molecule has 0 atom stereocenters. The number of hydrogen-bond acceptors (Lipinski definition) is 6. The van der Waals surface area contributed by atoms with Crippen LogP contribution in [0, 0.1) is 0 Å². The molecule has 1 fully saturated rings. The highest BCUT2D eigenvalue weighted by Gasteiger charge is 2.47. The van der Waals surface area contributed by atoms with Gasteiger partial charge in [0.25, 0.3) is 10.0 Å². The predicted molar refractivity (Wildman–Crippen MR) is 94.7 cm³/mol. The van der Waals surface area contributed by atoms with Gasteiger partial charge < -0.3 is 0 Å². The van der Waals surface area contributed by atoms with E-state index in [1.165, 1.54) is 6.07 Å². The average molecular weight is 373 g/mol. The summed E-state index contributed by atoms with van der Waals surface area (Å²) in [7, 11) is -4.02. The van der Waals surface area contributed by atoms with Gasteiger partial charge in [-0.25, -0.2) is 13.1 Å². The summed E-state index contributed by atoms with van der Waals surface area (Å²) in [4.78, 5) is 12.9. The summed E-state index contributed by atoms with van der Waals surface area (Å²) < 4.78 is 35.9. The van der Waals surface area contributed by atoms with Crippen LogP contribution in [0.25, 0.3) is 11.0 Å². The molecule has 0 aliphatic heterocycles. The lowest BCUT2D eigenvalue weighted by atomic mass is 9.64. The molecule has 25 heavy (non-hydrogen) atoms. The van der Waals surface area contributed by atoms with Crippen LogP contribution in [-0.2, 0) is 20.2 Å². The molecule has 4 rings (SSSR count). The molecule has 0 unspecified atom stereocenters. The number of benzene rings is 2. The summed E-state index contributed by atoms with van der Waals surface area (Å²) in [6.45, 7) is 0. The highest BCUT2D eigenvalue weighted by molar-refractivity contribution is 7.90. The van der Waals surface area contributed by atoms with Gasteiger partial charge in [-0.1, -0.05) is 42.8 Å². The van der Waals surface area contributed by atoms with E-state index in [1.54, 1.807) is 12.1 Å². The minimum Gasteiger partial charge on any atom is -0.273 e. The Morgan fingerprint density at radius 3 is 2.48 bits per heavy atom. The van der Waals surface area contributed by atoms with Gasteiger partial charge in [-0.2, -0.15) is 8.75 Å². The zero-order valence-corrected chi connectivity index (χ0v) is 14.8. The average Bonchev–Trinajstić information content (AvgIpc) is 3.02. The Balaban J connectivity index is 1.69. The van der Waals surface area contributed by atoms with Crippen LogP contribution in [-0.4, -0.2) is 23.1 Å². The molecule has 0 bridgehead atoms. The van der Waals surface area contributed by atoms with Crippen LogP contribution in [0.1, 0.15) is 24.8 Å². The van der Waals surface area contributed by atoms with Gasteiger partial charge in [0.2, 0.25) is 5.91 Å². The Bertz CT molecular complexity index is 1040. The van der Waals surface area contributed by atoms with Crippen molar-refractivity contribution in [3.63, 3.8) is 0 Å². The number of aromatic nitrogens is 2. The second kappa shape index (κ2) is 5.89. The molecular formula is C17H15N3O3S2. The molecular weight excluding hydrogens is 358 g/mol. The van der Waals surface area contributed by atoms with E-state index in [1.807, 2.05) is 30.3 Å². The normalized spacial score (nSPS) is 16.3. The van der Waals surface area contributed by atoms with Crippen LogP contribution in [0.4, 0.5) is 0 Å². The van der Waals surface area contributed by atoms with Gasteiger partial charge in [0.05, 0.1) is 17.1 Å². The third-order valence-corrected chi connectivity index (χ3v) is 6.64. The van der Waals surface area contributed by atoms with Gasteiger partial charge in [0.15, 0.2) is 0 Å². The number of fused-ring (bicyclic) bond motifs is 1. The Hall–Kier alpha value is -2.32. The topological polar surface area (TPSA) is 89.0 Å². The van der Waals surface area contributed by atoms with E-state index < -0.39 is 21.3 Å². The van der Waals surface area contributed by atoms with Crippen LogP contribution in [0.5, 0.6) is 0 Å². The maximum Gasteiger partial charge on any atom is 0.266 e. The van der Waals surface area contributed by atoms with E-state index in [2.05, 4.69) is 13.5 Å². The van der Waals surface area contributed by atoms with Crippen molar-refractivity contribution in [3.8, 4) is 0 Å². The van der Waals surface area contributed by atoms with Crippen LogP contribution < -0.4 is 4.72 Å². The molecule has 1 aliphatic rings. The van der Waals surface area contributed by atoms with Crippen molar-refractivity contribution in [3.05, 3.63) is 54.1 Å². The van der Waals surface area contributed by atoms with Crippen LogP contribution >= 0.6 is 11.7 Å². The molecule has 1 aliphatic carbocycles. The summed E-state index contributed by atoms with van der Waals surface area (Å²) in [6, 6.07) is 14.1. The van der Waals surface area contributed by atoms with Gasteiger partial charge >= 0.3 is 0 Å². The van der Waals surface area contributed by atoms with Crippen molar-refractivity contribution in [2.45, 2.75) is 29.6 Å². The maximum atomic E-state index is 12.9. The third kappa shape index (κ3) is 2.61. The second-order valence-electron chi connectivity index (χ2n) is 6.12. The molecule has 128 valence electrons. The Kier molecular flexibility index (Phi) is 3.81. The first-order chi connectivity index (χ1) is 12.0. The zero-order valence-electron chi connectivity index (χ0n) is 13.2. The second-order valence-corrected chi connectivity index (χ2v) is 8.30. The quantitative estimate of drug-likeness (QED) is 0.759. The fourth-order valence-electron chi connectivity index (χ4n) is 3.21. The number of nitrogens with one attached hydrogen (secondary N) is 1. The maximum absolute atomic E-state index is 12.9. The van der Waals surface area contributed by atoms with Crippen molar-refractivity contribution in [1.29, 1.82) is 0 Å². The number of nitrogens with zero attached hydrogens (tertiary/aromatic N) is 2. The first-order valence-electron chi connectivity index (χ1n) is 7.87. The lowest BCUT2D eigenvalue weighted by Gasteiger charge is -2.40. The van der Waals surface area contributed by atoms with E-state index in [-0.39, 0.29) is 10.4 Å².